The summed E-state index contributed by atoms with van der Waals surface area (Å²) in [6, 6.07) is 65.8. The lowest BCUT2D eigenvalue weighted by Gasteiger charge is -2.24. The Balaban J connectivity index is 1.08. The van der Waals surface area contributed by atoms with Crippen molar-refractivity contribution in [2.24, 2.45) is 9.98 Å². The summed E-state index contributed by atoms with van der Waals surface area (Å²) in [4.78, 5) is 10.4. The predicted molar refractivity (Wildman–Crippen MR) is 219 cm³/mol. The molecule has 4 nitrogen and oxygen atoms in total. The van der Waals surface area contributed by atoms with E-state index in [9.17, 15) is 0 Å². The third-order valence-corrected chi connectivity index (χ3v) is 10.2. The van der Waals surface area contributed by atoms with Gasteiger partial charge in [-0.15, -0.1) is 0 Å². The number of nitrogens with one attached hydrogen (secondary N) is 1. The molecule has 250 valence electrons. The Hall–Kier alpha value is -7.04. The van der Waals surface area contributed by atoms with Crippen molar-refractivity contribution in [1.82, 2.24) is 5.32 Å². The van der Waals surface area contributed by atoms with E-state index >= 15 is 0 Å². The fourth-order valence-corrected chi connectivity index (χ4v) is 7.48. The molecule has 1 N–H and O–H groups in total. The summed E-state index contributed by atoms with van der Waals surface area (Å²) in [5.74, 6) is 1.44. The van der Waals surface area contributed by atoms with E-state index in [-0.39, 0.29) is 6.17 Å². The molecule has 1 aliphatic heterocycles. The molecule has 53 heavy (non-hydrogen) atoms. The van der Waals surface area contributed by atoms with Crippen LogP contribution < -0.4 is 5.32 Å². The van der Waals surface area contributed by atoms with Crippen LogP contribution in [0.5, 0.6) is 0 Å². The maximum Gasteiger partial charge on any atom is 0.159 e. The summed E-state index contributed by atoms with van der Waals surface area (Å²) in [5, 5.41) is 8.26. The van der Waals surface area contributed by atoms with Gasteiger partial charge in [0.05, 0.1) is 0 Å². The minimum atomic E-state index is -0.317. The Morgan fingerprint density at radius 1 is 0.415 bits per heavy atom. The topological polar surface area (TPSA) is 49.9 Å². The van der Waals surface area contributed by atoms with Gasteiger partial charge in [-0.1, -0.05) is 170 Å². The first-order valence-electron chi connectivity index (χ1n) is 17.9. The zero-order valence-electron chi connectivity index (χ0n) is 28.8. The zero-order valence-corrected chi connectivity index (χ0v) is 28.8. The molecule has 0 aliphatic carbocycles. The van der Waals surface area contributed by atoms with Crippen molar-refractivity contribution < 1.29 is 4.42 Å². The first kappa shape index (κ1) is 30.8. The molecule has 0 bridgehead atoms. The van der Waals surface area contributed by atoms with Crippen LogP contribution in [0, 0.1) is 0 Å². The molecule has 0 spiro atoms. The van der Waals surface area contributed by atoms with Crippen LogP contribution in [0.1, 0.15) is 22.9 Å². The Labute approximate surface area is 307 Å². The maximum absolute atomic E-state index is 6.55. The summed E-state index contributed by atoms with van der Waals surface area (Å²) in [5.41, 5.74) is 11.6. The first-order valence-corrected chi connectivity index (χ1v) is 17.9. The SMILES string of the molecule is c1ccc(-c2ccc(C3=NC(c4ccccc4)NC(c4cccc5oc6cccc(-c7ccc(-c8ccc9ccccc9c8)cc7)c6c45)=N3)cc2)cc1. The monoisotopic (exact) mass is 679 g/mol. The second-order valence-corrected chi connectivity index (χ2v) is 13.4. The van der Waals surface area contributed by atoms with Gasteiger partial charge in [-0.25, -0.2) is 9.98 Å². The van der Waals surface area contributed by atoms with Crippen LogP contribution in [0.25, 0.3) is 66.1 Å². The molecule has 4 heteroatoms. The van der Waals surface area contributed by atoms with Crippen molar-refractivity contribution in [3.05, 3.63) is 205 Å². The highest BCUT2D eigenvalue weighted by Crippen LogP contribution is 2.39. The Morgan fingerprint density at radius 2 is 0.962 bits per heavy atom. The lowest BCUT2D eigenvalue weighted by Crippen LogP contribution is -2.33. The summed E-state index contributed by atoms with van der Waals surface area (Å²) >= 11 is 0. The van der Waals surface area contributed by atoms with Crippen LogP contribution in [0.15, 0.2) is 202 Å². The van der Waals surface area contributed by atoms with Gasteiger partial charge in [-0.2, -0.15) is 0 Å². The highest BCUT2D eigenvalue weighted by molar-refractivity contribution is 6.24. The fraction of sp³-hybridized carbons (Fsp3) is 0.0204. The number of hydrogen-bond acceptors (Lipinski definition) is 4. The zero-order chi connectivity index (χ0) is 35.1. The van der Waals surface area contributed by atoms with Crippen molar-refractivity contribution in [2.45, 2.75) is 6.17 Å². The number of rotatable bonds is 6. The molecule has 10 rings (SSSR count). The minimum absolute atomic E-state index is 0.317. The molecular formula is C49H33N3O. The molecule has 1 aliphatic rings. The van der Waals surface area contributed by atoms with Gasteiger partial charge in [-0.3, -0.25) is 0 Å². The molecule has 1 unspecified atom stereocenters. The van der Waals surface area contributed by atoms with Gasteiger partial charge in [0.1, 0.15) is 23.2 Å². The lowest BCUT2D eigenvalue weighted by atomic mass is 9.94. The van der Waals surface area contributed by atoms with E-state index in [2.05, 4.69) is 157 Å². The van der Waals surface area contributed by atoms with Crippen molar-refractivity contribution >= 4 is 44.4 Å². The average Bonchev–Trinajstić information content (AvgIpc) is 3.63. The van der Waals surface area contributed by atoms with Crippen LogP contribution in [0.3, 0.4) is 0 Å². The highest BCUT2D eigenvalue weighted by Gasteiger charge is 2.24. The van der Waals surface area contributed by atoms with Crippen molar-refractivity contribution in [3.8, 4) is 33.4 Å². The molecule has 0 saturated heterocycles. The van der Waals surface area contributed by atoms with E-state index in [1.807, 2.05) is 36.4 Å². The standard InChI is InChI=1S/C49H33N3O/c1-3-11-32(12-4-1)34-23-28-38(29-24-34)48-50-47(37-14-5-2-6-15-37)51-49(52-48)42-18-10-20-44-46(42)45-41(17-9-19-43(45)53-44)36-26-21-35(22-27-36)40-30-25-33-13-7-8-16-39(33)31-40/h1-31,47H,(H,50,51,52). The fourth-order valence-electron chi connectivity index (χ4n) is 7.48. The molecule has 9 aromatic rings. The van der Waals surface area contributed by atoms with Gasteiger partial charge < -0.3 is 9.73 Å². The van der Waals surface area contributed by atoms with Crippen LogP contribution in [0.2, 0.25) is 0 Å². The average molecular weight is 680 g/mol. The Bertz CT molecular complexity index is 2830. The molecule has 0 amide bonds. The second kappa shape index (κ2) is 12.9. The summed E-state index contributed by atoms with van der Waals surface area (Å²) < 4.78 is 6.55. The van der Waals surface area contributed by atoms with Crippen molar-refractivity contribution in [1.29, 1.82) is 0 Å². The van der Waals surface area contributed by atoms with Gasteiger partial charge >= 0.3 is 0 Å². The maximum atomic E-state index is 6.55. The Morgan fingerprint density at radius 3 is 1.70 bits per heavy atom. The van der Waals surface area contributed by atoms with E-state index in [0.29, 0.717) is 5.84 Å². The van der Waals surface area contributed by atoms with Gasteiger partial charge in [0.2, 0.25) is 0 Å². The van der Waals surface area contributed by atoms with Crippen molar-refractivity contribution in [2.75, 3.05) is 0 Å². The van der Waals surface area contributed by atoms with Gasteiger partial charge in [0.15, 0.2) is 5.84 Å². The summed E-state index contributed by atoms with van der Waals surface area (Å²) in [6.45, 7) is 0. The van der Waals surface area contributed by atoms with E-state index in [4.69, 9.17) is 14.4 Å². The summed E-state index contributed by atoms with van der Waals surface area (Å²) in [7, 11) is 0. The van der Waals surface area contributed by atoms with Crippen LogP contribution in [-0.4, -0.2) is 11.7 Å². The van der Waals surface area contributed by atoms with Crippen LogP contribution in [-0.2, 0) is 0 Å². The van der Waals surface area contributed by atoms with Crippen LogP contribution >= 0.6 is 0 Å². The molecule has 0 radical (unpaired) electrons. The van der Waals surface area contributed by atoms with Crippen molar-refractivity contribution in [3.63, 3.8) is 0 Å². The largest absolute Gasteiger partial charge is 0.456 e. The molecule has 1 atom stereocenters. The van der Waals surface area contributed by atoms with Crippen LogP contribution in [0.4, 0.5) is 0 Å². The lowest BCUT2D eigenvalue weighted by molar-refractivity contribution is 0.668. The third-order valence-electron chi connectivity index (χ3n) is 10.2. The molecule has 0 saturated carbocycles. The molecule has 1 aromatic heterocycles. The molecule has 8 aromatic carbocycles. The molecule has 2 heterocycles. The first-order chi connectivity index (χ1) is 26.2. The van der Waals surface area contributed by atoms with Gasteiger partial charge in [-0.05, 0) is 67.9 Å². The van der Waals surface area contributed by atoms with Gasteiger partial charge in [0.25, 0.3) is 0 Å². The highest BCUT2D eigenvalue weighted by atomic mass is 16.3. The van der Waals surface area contributed by atoms with E-state index in [0.717, 1.165) is 61.2 Å². The molecular weight excluding hydrogens is 647 g/mol. The quantitative estimate of drug-likeness (QED) is 0.190. The number of furan rings is 1. The van der Waals surface area contributed by atoms with E-state index in [1.165, 1.54) is 27.5 Å². The van der Waals surface area contributed by atoms with Gasteiger partial charge in [0, 0.05) is 21.9 Å². The normalized spacial score (nSPS) is 14.2. The third kappa shape index (κ3) is 5.67. The summed E-state index contributed by atoms with van der Waals surface area (Å²) in [6.07, 6.45) is -0.317. The number of fused-ring (bicyclic) bond motifs is 4. The van der Waals surface area contributed by atoms with E-state index in [1.54, 1.807) is 0 Å². The second-order valence-electron chi connectivity index (χ2n) is 13.4. The number of aliphatic imine (C=N–C) groups is 2. The number of hydrogen-bond donors (Lipinski definition) is 1. The Kier molecular flexibility index (Phi) is 7.51. The smallest absolute Gasteiger partial charge is 0.159 e. The number of nitrogens with zero attached hydrogens (tertiary/aromatic N) is 2. The number of amidine groups is 2. The van der Waals surface area contributed by atoms with E-state index < -0.39 is 0 Å². The minimum Gasteiger partial charge on any atom is -0.456 e. The predicted octanol–water partition coefficient (Wildman–Crippen LogP) is 12.2. The molecule has 0 fully saturated rings. The number of benzene rings is 8.